The molecule has 8 rings (SSSR count). The zero-order chi connectivity index (χ0) is 32.8. The maximum Gasteiger partial charge on any atom is 0.359 e. The molecule has 4 saturated carbocycles. The van der Waals surface area contributed by atoms with Crippen molar-refractivity contribution in [1.82, 2.24) is 30.2 Å². The Labute approximate surface area is 274 Å². The fourth-order valence-electron chi connectivity index (χ4n) is 8.61. The Morgan fingerprint density at radius 1 is 0.979 bits per heavy atom. The number of aryl methyl sites for hydroxylation is 1. The summed E-state index contributed by atoms with van der Waals surface area (Å²) in [6.07, 6.45) is 7.71. The first-order valence-corrected chi connectivity index (χ1v) is 16.7. The van der Waals surface area contributed by atoms with E-state index in [4.69, 9.17) is 14.5 Å². The number of nitrogens with one attached hydrogen (secondary N) is 1. The Morgan fingerprint density at radius 2 is 1.64 bits per heavy atom. The van der Waals surface area contributed by atoms with Crippen molar-refractivity contribution in [3.63, 3.8) is 0 Å². The average molecular weight is 639 g/mol. The van der Waals surface area contributed by atoms with Crippen molar-refractivity contribution >= 4 is 11.9 Å². The summed E-state index contributed by atoms with van der Waals surface area (Å²) in [5, 5.41) is 25.6. The van der Waals surface area contributed by atoms with Gasteiger partial charge in [-0.15, -0.1) is 10.2 Å². The molecule has 11 nitrogen and oxygen atoms in total. The van der Waals surface area contributed by atoms with Crippen molar-refractivity contribution in [3.05, 3.63) is 71.3 Å². The average Bonchev–Trinajstić information content (AvgIpc) is 3.70. The first-order chi connectivity index (χ1) is 22.6. The Kier molecular flexibility index (Phi) is 8.20. The van der Waals surface area contributed by atoms with E-state index in [1.807, 2.05) is 60.0 Å². The van der Waals surface area contributed by atoms with Gasteiger partial charge >= 0.3 is 11.9 Å². The van der Waals surface area contributed by atoms with E-state index >= 15 is 0 Å². The lowest BCUT2D eigenvalue weighted by atomic mass is 9.49. The molecule has 11 heteroatoms. The Hall–Kier alpha value is -4.38. The number of H-pyrrole nitrogens is 1. The number of nitrogens with zero attached hydrogens (tertiary/aromatic N) is 5. The van der Waals surface area contributed by atoms with E-state index in [9.17, 15) is 14.7 Å². The summed E-state index contributed by atoms with van der Waals surface area (Å²) in [5.41, 5.74) is 2.30. The van der Waals surface area contributed by atoms with Crippen LogP contribution in [0.1, 0.15) is 93.3 Å². The minimum absolute atomic E-state index is 0.165. The molecule has 4 bridgehead atoms. The van der Waals surface area contributed by atoms with Gasteiger partial charge in [0.15, 0.2) is 5.69 Å². The van der Waals surface area contributed by atoms with Crippen LogP contribution in [-0.2, 0) is 32.8 Å². The van der Waals surface area contributed by atoms with Gasteiger partial charge in [-0.3, -0.25) is 4.79 Å². The number of imidazole rings is 1. The quantitative estimate of drug-likeness (QED) is 0.153. The molecule has 246 valence electrons. The van der Waals surface area contributed by atoms with Crippen molar-refractivity contribution in [3.8, 4) is 22.5 Å². The molecule has 0 amide bonds. The minimum Gasteiger partial charge on any atom is -0.427 e. The highest BCUT2D eigenvalue weighted by Crippen LogP contribution is 2.60. The molecule has 0 unspecified atom stereocenters. The zero-order valence-electron chi connectivity index (χ0n) is 27.2. The van der Waals surface area contributed by atoms with Crippen LogP contribution in [0.3, 0.4) is 0 Å². The predicted molar refractivity (Wildman–Crippen MR) is 173 cm³/mol. The third-order valence-electron chi connectivity index (χ3n) is 10.3. The molecule has 4 aliphatic carbocycles. The van der Waals surface area contributed by atoms with Crippen LogP contribution in [0, 0.1) is 23.2 Å². The van der Waals surface area contributed by atoms with Crippen molar-refractivity contribution in [2.45, 2.75) is 84.3 Å². The number of esters is 2. The molecule has 2 aromatic heterocycles. The van der Waals surface area contributed by atoms with Crippen LogP contribution < -0.4 is 0 Å². The van der Waals surface area contributed by atoms with E-state index in [0.29, 0.717) is 42.4 Å². The maximum atomic E-state index is 13.8. The van der Waals surface area contributed by atoms with Gasteiger partial charge in [-0.25, -0.2) is 9.78 Å². The third-order valence-corrected chi connectivity index (χ3v) is 10.3. The maximum absolute atomic E-state index is 13.8. The number of aromatic nitrogens is 6. The molecule has 4 fully saturated rings. The molecule has 0 radical (unpaired) electrons. The van der Waals surface area contributed by atoms with Gasteiger partial charge in [0.05, 0.1) is 5.41 Å². The molecule has 0 spiro atoms. The van der Waals surface area contributed by atoms with Crippen molar-refractivity contribution in [2.75, 3.05) is 6.79 Å². The van der Waals surface area contributed by atoms with E-state index in [0.717, 1.165) is 47.9 Å². The summed E-state index contributed by atoms with van der Waals surface area (Å²) in [5.74, 6) is 2.07. The molecule has 47 heavy (non-hydrogen) atoms. The van der Waals surface area contributed by atoms with Gasteiger partial charge in [-0.2, -0.15) is 5.21 Å². The second-order valence-corrected chi connectivity index (χ2v) is 14.3. The van der Waals surface area contributed by atoms with Crippen LogP contribution in [0.15, 0.2) is 48.5 Å². The second kappa shape index (κ2) is 12.3. The highest BCUT2D eigenvalue weighted by atomic mass is 16.7. The lowest BCUT2D eigenvalue weighted by Gasteiger charge is -2.55. The van der Waals surface area contributed by atoms with Crippen LogP contribution in [0.25, 0.3) is 22.5 Å². The van der Waals surface area contributed by atoms with Crippen molar-refractivity contribution in [2.24, 2.45) is 23.2 Å². The summed E-state index contributed by atoms with van der Waals surface area (Å²) in [7, 11) is 0. The van der Waals surface area contributed by atoms with Crippen molar-refractivity contribution < 1.29 is 24.2 Å². The van der Waals surface area contributed by atoms with Crippen LogP contribution in [0.5, 0.6) is 0 Å². The molecular weight excluding hydrogens is 596 g/mol. The van der Waals surface area contributed by atoms with Gasteiger partial charge in [0.25, 0.3) is 0 Å². The molecule has 0 aliphatic heterocycles. The number of hydrogen-bond acceptors (Lipinski definition) is 9. The first kappa shape index (κ1) is 31.2. The van der Waals surface area contributed by atoms with Gasteiger partial charge < -0.3 is 19.1 Å². The number of aromatic amines is 1. The van der Waals surface area contributed by atoms with E-state index < -0.39 is 23.8 Å². The first-order valence-electron chi connectivity index (χ1n) is 16.7. The zero-order valence-corrected chi connectivity index (χ0v) is 27.2. The molecule has 2 aromatic carbocycles. The molecule has 0 atom stereocenters. The van der Waals surface area contributed by atoms with E-state index in [-0.39, 0.29) is 17.4 Å². The fourth-order valence-corrected chi connectivity index (χ4v) is 8.61. The van der Waals surface area contributed by atoms with E-state index in [2.05, 4.69) is 20.6 Å². The second-order valence-electron chi connectivity index (χ2n) is 14.3. The summed E-state index contributed by atoms with van der Waals surface area (Å²) >= 11 is 0. The molecule has 0 saturated heterocycles. The highest BCUT2D eigenvalue weighted by molar-refractivity contribution is 5.89. The normalized spacial score (nSPS) is 23.2. The number of hydrogen-bond donors (Lipinski definition) is 2. The van der Waals surface area contributed by atoms with Crippen LogP contribution in [0.4, 0.5) is 0 Å². The molecule has 4 aromatic rings. The third kappa shape index (κ3) is 6.08. The van der Waals surface area contributed by atoms with Gasteiger partial charge in [0.2, 0.25) is 12.6 Å². The molecule has 2 N–H and O–H groups in total. The number of carbonyl (C=O) groups is 2. The SMILES string of the molecule is CCCc1nc(C(C)(C)O)c(C(=O)OCOC(=O)C23CC4CC(CC(C4)C2)C3)n1Cc1ccc(-c2ccccc2-c2nn[nH]n2)cc1. The van der Waals surface area contributed by atoms with Gasteiger partial charge in [-0.05, 0) is 98.5 Å². The van der Waals surface area contributed by atoms with Crippen LogP contribution in [-0.4, -0.2) is 54.0 Å². The topological polar surface area (TPSA) is 145 Å². The lowest BCUT2D eigenvalue weighted by molar-refractivity contribution is -0.179. The monoisotopic (exact) mass is 638 g/mol. The number of aliphatic hydroxyl groups is 1. The van der Waals surface area contributed by atoms with Crippen LogP contribution in [0.2, 0.25) is 0 Å². The molecular formula is C36H42N6O5. The van der Waals surface area contributed by atoms with Gasteiger partial charge in [0, 0.05) is 18.5 Å². The number of tetrazole rings is 1. The number of rotatable bonds is 11. The Morgan fingerprint density at radius 3 is 2.23 bits per heavy atom. The standard InChI is InChI=1S/C36H42N6O5/c1-4-7-29-37-31(35(2,3)45)30(33(43)46-21-47-34(44)36-17-23-14-24(18-36)16-25(15-23)19-36)42(29)20-22-10-12-26(13-11-22)27-8-5-6-9-28(27)32-38-40-41-39-32/h5-6,8-13,23-25,45H,4,7,14-21H2,1-3H3,(H,38,39,40,41). The number of carbonyl (C=O) groups excluding carboxylic acids is 2. The van der Waals surface area contributed by atoms with Crippen LogP contribution >= 0.6 is 0 Å². The summed E-state index contributed by atoms with van der Waals surface area (Å²) in [4.78, 5) is 31.9. The summed E-state index contributed by atoms with van der Waals surface area (Å²) in [6, 6.07) is 15.9. The Balaban J connectivity index is 1.11. The van der Waals surface area contributed by atoms with Gasteiger partial charge in [-0.1, -0.05) is 55.5 Å². The fraction of sp³-hybridized carbons (Fsp3) is 0.500. The number of benzene rings is 2. The van der Waals surface area contributed by atoms with E-state index in [1.54, 1.807) is 13.8 Å². The Bertz CT molecular complexity index is 1720. The number of ether oxygens (including phenoxy) is 2. The molecule has 4 aliphatic rings. The minimum atomic E-state index is -1.40. The van der Waals surface area contributed by atoms with Crippen molar-refractivity contribution in [1.29, 1.82) is 0 Å². The lowest BCUT2D eigenvalue weighted by Crippen LogP contribution is -2.50. The van der Waals surface area contributed by atoms with E-state index in [1.165, 1.54) is 19.3 Å². The highest BCUT2D eigenvalue weighted by Gasteiger charge is 2.55. The molecule has 2 heterocycles. The summed E-state index contributed by atoms with van der Waals surface area (Å²) < 4.78 is 13.1. The summed E-state index contributed by atoms with van der Waals surface area (Å²) in [6.45, 7) is 5.13. The predicted octanol–water partition coefficient (Wildman–Crippen LogP) is 5.83. The largest absolute Gasteiger partial charge is 0.427 e. The smallest absolute Gasteiger partial charge is 0.359 e. The van der Waals surface area contributed by atoms with Gasteiger partial charge in [0.1, 0.15) is 17.1 Å².